The summed E-state index contributed by atoms with van der Waals surface area (Å²) in [5.41, 5.74) is 4.45. The third-order valence-corrected chi connectivity index (χ3v) is 8.30. The van der Waals surface area contributed by atoms with Crippen molar-refractivity contribution in [1.29, 1.82) is 0 Å². The number of benzene rings is 1. The molecule has 0 amide bonds. The lowest BCUT2D eigenvalue weighted by molar-refractivity contribution is -0.137. The number of rotatable bonds is 23. The molecule has 228 valence electrons. The Balaban J connectivity index is 1.80. The molecule has 0 saturated carbocycles. The fraction of sp³-hybridized carbons (Fsp3) is 0.629. The number of carbonyl (C=O) groups excluding carboxylic acids is 1. The van der Waals surface area contributed by atoms with Crippen molar-refractivity contribution in [1.82, 2.24) is 4.57 Å². The standard InChI is InChI=1S/C35H53NO5/c1-4-5-6-7-8-9-10-11-12-13-14-15-16-17-18-19-32(37)34-27(2)31(24-25-33(38)39)36(28(34)3)26-29-20-22-30(23-21-29)35(40)41/h20-23H,4-19,24-26H2,1-3H3,(H,38,39)(H,40,41). The van der Waals surface area contributed by atoms with Gasteiger partial charge in [0, 0.05) is 29.9 Å². The molecule has 0 unspecified atom stereocenters. The molecule has 0 aliphatic heterocycles. The minimum absolute atomic E-state index is 0.00504. The molecule has 1 heterocycles. The highest BCUT2D eigenvalue weighted by Crippen LogP contribution is 2.27. The normalized spacial score (nSPS) is 11.2. The summed E-state index contributed by atoms with van der Waals surface area (Å²) in [5, 5.41) is 18.5. The molecular formula is C35H53NO5. The van der Waals surface area contributed by atoms with Crippen LogP contribution in [0.15, 0.2) is 24.3 Å². The summed E-state index contributed by atoms with van der Waals surface area (Å²) < 4.78 is 2.04. The van der Waals surface area contributed by atoms with Crippen LogP contribution in [-0.2, 0) is 17.8 Å². The Kier molecular flexibility index (Phi) is 16.1. The molecule has 0 fully saturated rings. The van der Waals surface area contributed by atoms with Crippen molar-refractivity contribution < 1.29 is 24.6 Å². The van der Waals surface area contributed by atoms with Crippen LogP contribution in [0.25, 0.3) is 0 Å². The van der Waals surface area contributed by atoms with E-state index < -0.39 is 11.9 Å². The Morgan fingerprint density at radius 1 is 0.683 bits per heavy atom. The van der Waals surface area contributed by atoms with E-state index in [2.05, 4.69) is 6.92 Å². The van der Waals surface area contributed by atoms with Gasteiger partial charge in [0.15, 0.2) is 5.78 Å². The molecule has 0 aliphatic rings. The lowest BCUT2D eigenvalue weighted by Gasteiger charge is -2.12. The highest BCUT2D eigenvalue weighted by Gasteiger charge is 2.22. The van der Waals surface area contributed by atoms with Crippen LogP contribution in [0, 0.1) is 13.8 Å². The van der Waals surface area contributed by atoms with E-state index in [-0.39, 0.29) is 17.8 Å². The number of Topliss-reactive ketones (excluding diaryl/α,β-unsaturated/α-hetero) is 1. The van der Waals surface area contributed by atoms with E-state index in [9.17, 15) is 24.6 Å². The van der Waals surface area contributed by atoms with E-state index in [1.165, 1.54) is 83.5 Å². The molecule has 0 spiro atoms. The first kappa shape index (κ1) is 34.3. The zero-order valence-corrected chi connectivity index (χ0v) is 25.8. The average molecular weight is 568 g/mol. The van der Waals surface area contributed by atoms with Crippen LogP contribution < -0.4 is 0 Å². The van der Waals surface area contributed by atoms with Gasteiger partial charge < -0.3 is 14.8 Å². The molecule has 2 N–H and O–H groups in total. The number of hydrogen-bond acceptors (Lipinski definition) is 3. The van der Waals surface area contributed by atoms with Gasteiger partial charge in [0.05, 0.1) is 12.0 Å². The van der Waals surface area contributed by atoms with E-state index in [1.807, 2.05) is 18.4 Å². The second-order valence-electron chi connectivity index (χ2n) is 11.6. The van der Waals surface area contributed by atoms with E-state index in [4.69, 9.17) is 0 Å². The van der Waals surface area contributed by atoms with Gasteiger partial charge in [-0.2, -0.15) is 0 Å². The molecule has 0 atom stereocenters. The number of aromatic carboxylic acids is 1. The molecule has 6 heteroatoms. The van der Waals surface area contributed by atoms with Crippen LogP contribution in [0.5, 0.6) is 0 Å². The van der Waals surface area contributed by atoms with Crippen molar-refractivity contribution in [2.75, 3.05) is 0 Å². The van der Waals surface area contributed by atoms with Crippen LogP contribution in [0.4, 0.5) is 0 Å². The predicted octanol–water partition coefficient (Wildman–Crippen LogP) is 9.31. The lowest BCUT2D eigenvalue weighted by Crippen LogP contribution is -2.09. The van der Waals surface area contributed by atoms with Crippen molar-refractivity contribution in [3.63, 3.8) is 0 Å². The third kappa shape index (κ3) is 12.2. The van der Waals surface area contributed by atoms with Crippen molar-refractivity contribution >= 4 is 17.7 Å². The zero-order valence-electron chi connectivity index (χ0n) is 25.8. The van der Waals surface area contributed by atoms with Crippen LogP contribution in [0.2, 0.25) is 0 Å². The molecule has 2 aromatic rings. The van der Waals surface area contributed by atoms with Gasteiger partial charge in [-0.15, -0.1) is 0 Å². The zero-order chi connectivity index (χ0) is 30.0. The summed E-state index contributed by atoms with van der Waals surface area (Å²) in [6.45, 7) is 6.59. The number of hydrogen-bond donors (Lipinski definition) is 2. The van der Waals surface area contributed by atoms with Crippen molar-refractivity contribution in [2.45, 2.75) is 143 Å². The number of unbranched alkanes of at least 4 members (excludes halogenated alkanes) is 14. The monoisotopic (exact) mass is 567 g/mol. The SMILES string of the molecule is CCCCCCCCCCCCCCCCCC(=O)c1c(C)c(CCC(=O)O)n(Cc2ccc(C(=O)O)cc2)c1C. The van der Waals surface area contributed by atoms with Crippen LogP contribution in [0.3, 0.4) is 0 Å². The highest BCUT2D eigenvalue weighted by molar-refractivity contribution is 5.99. The van der Waals surface area contributed by atoms with E-state index in [1.54, 1.807) is 24.3 Å². The summed E-state index contributed by atoms with van der Waals surface area (Å²) in [5.74, 6) is -1.71. The maximum Gasteiger partial charge on any atom is 0.335 e. The van der Waals surface area contributed by atoms with E-state index in [0.29, 0.717) is 19.4 Å². The average Bonchev–Trinajstić information content (AvgIpc) is 3.17. The fourth-order valence-corrected chi connectivity index (χ4v) is 5.85. The van der Waals surface area contributed by atoms with Gasteiger partial charge in [0.1, 0.15) is 0 Å². The van der Waals surface area contributed by atoms with E-state index >= 15 is 0 Å². The predicted molar refractivity (Wildman–Crippen MR) is 166 cm³/mol. The number of carboxylic acids is 2. The molecule has 41 heavy (non-hydrogen) atoms. The summed E-state index contributed by atoms with van der Waals surface area (Å²) >= 11 is 0. The Bertz CT molecular complexity index is 1080. The Morgan fingerprint density at radius 2 is 1.17 bits per heavy atom. The largest absolute Gasteiger partial charge is 0.481 e. The molecule has 1 aromatic heterocycles. The minimum Gasteiger partial charge on any atom is -0.481 e. The number of nitrogens with zero attached hydrogens (tertiary/aromatic N) is 1. The molecule has 0 aliphatic carbocycles. The first-order valence-electron chi connectivity index (χ1n) is 16.0. The third-order valence-electron chi connectivity index (χ3n) is 8.30. The lowest BCUT2D eigenvalue weighted by atomic mass is 9.99. The van der Waals surface area contributed by atoms with Crippen molar-refractivity contribution in [3.05, 3.63) is 57.9 Å². The highest BCUT2D eigenvalue weighted by atomic mass is 16.4. The number of aliphatic carboxylic acids is 1. The second kappa shape index (κ2) is 19.3. The van der Waals surface area contributed by atoms with Gasteiger partial charge in [-0.05, 0) is 49.9 Å². The number of aromatic nitrogens is 1. The van der Waals surface area contributed by atoms with Crippen molar-refractivity contribution in [2.24, 2.45) is 0 Å². The quantitative estimate of drug-likeness (QED) is 0.103. The second-order valence-corrected chi connectivity index (χ2v) is 11.6. The maximum atomic E-state index is 13.3. The van der Waals surface area contributed by atoms with Gasteiger partial charge in [-0.3, -0.25) is 9.59 Å². The molecular weight excluding hydrogens is 514 g/mol. The Morgan fingerprint density at radius 3 is 1.63 bits per heavy atom. The minimum atomic E-state index is -0.974. The molecule has 1 aromatic carbocycles. The van der Waals surface area contributed by atoms with Gasteiger partial charge in [-0.25, -0.2) is 4.79 Å². The summed E-state index contributed by atoms with van der Waals surface area (Å²) in [6.07, 6.45) is 20.2. The van der Waals surface area contributed by atoms with Gasteiger partial charge in [-0.1, -0.05) is 109 Å². The summed E-state index contributed by atoms with van der Waals surface area (Å²) in [7, 11) is 0. The van der Waals surface area contributed by atoms with Crippen LogP contribution in [0.1, 0.15) is 159 Å². The number of carboxylic acid groups (broad SMARTS) is 2. The molecule has 0 saturated heterocycles. The summed E-state index contributed by atoms with van der Waals surface area (Å²) in [4.78, 5) is 35.8. The first-order chi connectivity index (χ1) is 19.8. The molecule has 0 bridgehead atoms. The maximum absolute atomic E-state index is 13.3. The topological polar surface area (TPSA) is 96.6 Å². The Labute approximate surface area is 247 Å². The number of ketones is 1. The molecule has 0 radical (unpaired) electrons. The molecule has 6 nitrogen and oxygen atoms in total. The van der Waals surface area contributed by atoms with Gasteiger partial charge in [0.2, 0.25) is 0 Å². The van der Waals surface area contributed by atoms with Crippen LogP contribution in [-0.4, -0.2) is 32.5 Å². The Hall–Kier alpha value is -2.89. The fourth-order valence-electron chi connectivity index (χ4n) is 5.85. The van der Waals surface area contributed by atoms with E-state index in [0.717, 1.165) is 40.9 Å². The smallest absolute Gasteiger partial charge is 0.335 e. The van der Waals surface area contributed by atoms with Gasteiger partial charge in [0.25, 0.3) is 0 Å². The number of carbonyl (C=O) groups is 3. The summed E-state index contributed by atoms with van der Waals surface area (Å²) in [6, 6.07) is 6.69. The van der Waals surface area contributed by atoms with Crippen molar-refractivity contribution in [3.8, 4) is 0 Å². The van der Waals surface area contributed by atoms with Gasteiger partial charge >= 0.3 is 11.9 Å². The first-order valence-corrected chi connectivity index (χ1v) is 16.0. The molecule has 2 rings (SSSR count). The van der Waals surface area contributed by atoms with Crippen LogP contribution >= 0.6 is 0 Å².